The van der Waals surface area contributed by atoms with E-state index in [9.17, 15) is 13.2 Å². The molecular formula is C20H26N2O4S. The van der Waals surface area contributed by atoms with Crippen LogP contribution in [0.2, 0.25) is 0 Å². The predicted molar refractivity (Wildman–Crippen MR) is 107 cm³/mol. The van der Waals surface area contributed by atoms with E-state index in [0.29, 0.717) is 24.6 Å². The topological polar surface area (TPSA) is 75.7 Å². The highest BCUT2D eigenvalue weighted by molar-refractivity contribution is 7.92. The molecule has 0 aliphatic heterocycles. The van der Waals surface area contributed by atoms with Crippen molar-refractivity contribution in [3.8, 4) is 5.75 Å². The van der Waals surface area contributed by atoms with Crippen molar-refractivity contribution in [1.82, 2.24) is 5.32 Å². The molecule has 0 radical (unpaired) electrons. The lowest BCUT2D eigenvalue weighted by atomic mass is 10.1. The highest BCUT2D eigenvalue weighted by Gasteiger charge is 2.29. The van der Waals surface area contributed by atoms with Gasteiger partial charge in [0.15, 0.2) is 0 Å². The lowest BCUT2D eigenvalue weighted by Crippen LogP contribution is -2.47. The lowest BCUT2D eigenvalue weighted by Gasteiger charge is -2.28. The zero-order valence-corrected chi connectivity index (χ0v) is 16.9. The Bertz CT molecular complexity index is 879. The summed E-state index contributed by atoms with van der Waals surface area (Å²) in [6, 6.07) is 13.5. The normalized spacial score (nSPS) is 12.3. The molecular weight excluding hydrogens is 364 g/mol. The first-order valence-corrected chi connectivity index (χ1v) is 10.6. The van der Waals surface area contributed by atoms with Gasteiger partial charge in [0, 0.05) is 6.54 Å². The van der Waals surface area contributed by atoms with Crippen molar-refractivity contribution in [2.24, 2.45) is 0 Å². The smallest absolute Gasteiger partial charge is 0.243 e. The Morgan fingerprint density at radius 2 is 1.78 bits per heavy atom. The Morgan fingerprint density at radius 3 is 2.33 bits per heavy atom. The van der Waals surface area contributed by atoms with Crippen molar-refractivity contribution >= 4 is 21.6 Å². The third-order valence-corrected chi connectivity index (χ3v) is 5.45. The Labute approximate surface area is 161 Å². The van der Waals surface area contributed by atoms with Crippen LogP contribution in [0.15, 0.2) is 48.5 Å². The highest BCUT2D eigenvalue weighted by Crippen LogP contribution is 2.24. The molecule has 146 valence electrons. The number of nitrogens with zero attached hydrogens (tertiary/aromatic N) is 1. The molecule has 1 N–H and O–H groups in total. The highest BCUT2D eigenvalue weighted by atomic mass is 32.2. The lowest BCUT2D eigenvalue weighted by molar-refractivity contribution is -0.122. The second kappa shape index (κ2) is 8.90. The average molecular weight is 391 g/mol. The van der Waals surface area contributed by atoms with Crippen molar-refractivity contribution in [2.75, 3.05) is 17.2 Å². The first kappa shape index (κ1) is 20.8. The van der Waals surface area contributed by atoms with Gasteiger partial charge in [-0.2, -0.15) is 0 Å². The minimum absolute atomic E-state index is 0.344. The fourth-order valence-electron chi connectivity index (χ4n) is 2.80. The van der Waals surface area contributed by atoms with Gasteiger partial charge in [0.25, 0.3) is 0 Å². The van der Waals surface area contributed by atoms with Crippen LogP contribution < -0.4 is 14.4 Å². The number of carbonyl (C=O) groups is 1. The molecule has 0 spiro atoms. The van der Waals surface area contributed by atoms with E-state index in [0.717, 1.165) is 21.7 Å². The number of hydrogen-bond donors (Lipinski definition) is 1. The van der Waals surface area contributed by atoms with Gasteiger partial charge in [0.05, 0.1) is 18.6 Å². The molecule has 0 aromatic heterocycles. The first-order chi connectivity index (χ1) is 12.7. The average Bonchev–Trinajstić information content (AvgIpc) is 2.61. The number of anilines is 1. The van der Waals surface area contributed by atoms with E-state index in [4.69, 9.17) is 4.74 Å². The van der Waals surface area contributed by atoms with Crippen molar-refractivity contribution < 1.29 is 17.9 Å². The Hall–Kier alpha value is -2.54. The van der Waals surface area contributed by atoms with Crippen LogP contribution in [0, 0.1) is 6.92 Å². The molecule has 2 aromatic rings. The van der Waals surface area contributed by atoms with Crippen LogP contribution in [-0.2, 0) is 21.4 Å². The molecule has 0 aliphatic carbocycles. The minimum atomic E-state index is -3.65. The number of nitrogens with one attached hydrogen (secondary N) is 1. The van der Waals surface area contributed by atoms with Gasteiger partial charge in [-0.1, -0.05) is 24.3 Å². The second-order valence-corrected chi connectivity index (χ2v) is 8.17. The van der Waals surface area contributed by atoms with Crippen molar-refractivity contribution in [2.45, 2.75) is 33.4 Å². The second-order valence-electron chi connectivity index (χ2n) is 6.31. The SMILES string of the molecule is CCOc1ccc(N(C(C)C(=O)NCc2ccccc2C)S(C)(=O)=O)cc1. The molecule has 0 saturated heterocycles. The van der Waals surface area contributed by atoms with Crippen LogP contribution in [0.5, 0.6) is 5.75 Å². The standard InChI is InChI=1S/C20H26N2O4S/c1-5-26-19-12-10-18(11-13-19)22(27(4,24)25)16(3)20(23)21-14-17-9-7-6-8-15(17)2/h6-13,16H,5,14H2,1-4H3,(H,21,23). The number of aryl methyl sites for hydroxylation is 1. The third-order valence-electron chi connectivity index (χ3n) is 4.21. The molecule has 27 heavy (non-hydrogen) atoms. The van der Waals surface area contributed by atoms with Crippen LogP contribution in [0.3, 0.4) is 0 Å². The van der Waals surface area contributed by atoms with Crippen LogP contribution >= 0.6 is 0 Å². The fraction of sp³-hybridized carbons (Fsp3) is 0.350. The summed E-state index contributed by atoms with van der Waals surface area (Å²) in [5, 5.41) is 2.82. The molecule has 0 heterocycles. The van der Waals surface area contributed by atoms with Gasteiger partial charge in [0.1, 0.15) is 11.8 Å². The molecule has 1 unspecified atom stereocenters. The van der Waals surface area contributed by atoms with Gasteiger partial charge in [-0.15, -0.1) is 0 Å². The molecule has 6 nitrogen and oxygen atoms in total. The summed E-state index contributed by atoms with van der Waals surface area (Å²) in [6.07, 6.45) is 1.09. The van der Waals surface area contributed by atoms with Gasteiger partial charge in [-0.25, -0.2) is 8.42 Å². The summed E-state index contributed by atoms with van der Waals surface area (Å²) in [6.45, 7) is 6.28. The number of hydrogen-bond acceptors (Lipinski definition) is 4. The van der Waals surface area contributed by atoms with Gasteiger partial charge >= 0.3 is 0 Å². The van der Waals surface area contributed by atoms with E-state index < -0.39 is 16.1 Å². The number of ether oxygens (including phenoxy) is 1. The fourth-order valence-corrected chi connectivity index (χ4v) is 3.98. The number of sulfonamides is 1. The molecule has 2 aromatic carbocycles. The maximum absolute atomic E-state index is 12.6. The molecule has 2 rings (SSSR count). The van der Waals surface area contributed by atoms with Crippen molar-refractivity contribution in [1.29, 1.82) is 0 Å². The Morgan fingerprint density at radius 1 is 1.15 bits per heavy atom. The van der Waals surface area contributed by atoms with Gasteiger partial charge in [0.2, 0.25) is 15.9 Å². The predicted octanol–water partition coefficient (Wildman–Crippen LogP) is 2.86. The summed E-state index contributed by atoms with van der Waals surface area (Å²) >= 11 is 0. The maximum atomic E-state index is 12.6. The number of rotatable bonds is 8. The van der Waals surface area contributed by atoms with E-state index in [1.807, 2.05) is 38.1 Å². The molecule has 1 atom stereocenters. The van der Waals surface area contributed by atoms with Gasteiger partial charge in [-0.05, 0) is 56.2 Å². The molecule has 1 amide bonds. The number of benzene rings is 2. The van der Waals surface area contributed by atoms with E-state index in [1.54, 1.807) is 31.2 Å². The Kier molecular flexibility index (Phi) is 6.85. The summed E-state index contributed by atoms with van der Waals surface area (Å²) in [7, 11) is -3.65. The number of amides is 1. The monoisotopic (exact) mass is 390 g/mol. The minimum Gasteiger partial charge on any atom is -0.494 e. The van der Waals surface area contributed by atoms with Crippen LogP contribution in [0.1, 0.15) is 25.0 Å². The Balaban J connectivity index is 2.18. The molecule has 7 heteroatoms. The molecule has 0 bridgehead atoms. The molecule has 0 aliphatic rings. The zero-order valence-electron chi connectivity index (χ0n) is 16.1. The van der Waals surface area contributed by atoms with E-state index in [1.165, 1.54) is 0 Å². The van der Waals surface area contributed by atoms with Crippen LogP contribution in [0.4, 0.5) is 5.69 Å². The summed E-state index contributed by atoms with van der Waals surface area (Å²) in [5.41, 5.74) is 2.47. The number of carbonyl (C=O) groups excluding carboxylic acids is 1. The summed E-state index contributed by atoms with van der Waals surface area (Å²) in [4.78, 5) is 12.6. The quantitative estimate of drug-likeness (QED) is 0.752. The third kappa shape index (κ3) is 5.47. The van der Waals surface area contributed by atoms with Crippen LogP contribution in [0.25, 0.3) is 0 Å². The van der Waals surface area contributed by atoms with Gasteiger partial charge < -0.3 is 10.1 Å². The van der Waals surface area contributed by atoms with E-state index >= 15 is 0 Å². The largest absolute Gasteiger partial charge is 0.494 e. The van der Waals surface area contributed by atoms with Crippen molar-refractivity contribution in [3.63, 3.8) is 0 Å². The molecule has 0 fully saturated rings. The zero-order chi connectivity index (χ0) is 20.0. The van der Waals surface area contributed by atoms with E-state index in [-0.39, 0.29) is 5.91 Å². The van der Waals surface area contributed by atoms with Gasteiger partial charge in [-0.3, -0.25) is 9.10 Å². The first-order valence-electron chi connectivity index (χ1n) is 8.78. The van der Waals surface area contributed by atoms with E-state index in [2.05, 4.69) is 5.32 Å². The van der Waals surface area contributed by atoms with Crippen LogP contribution in [-0.4, -0.2) is 33.2 Å². The summed E-state index contributed by atoms with van der Waals surface area (Å²) < 4.78 is 31.2. The summed E-state index contributed by atoms with van der Waals surface area (Å²) in [5.74, 6) is 0.281. The van der Waals surface area contributed by atoms with Crippen molar-refractivity contribution in [3.05, 3.63) is 59.7 Å². The molecule has 0 saturated carbocycles. The maximum Gasteiger partial charge on any atom is 0.243 e.